The van der Waals surface area contributed by atoms with Gasteiger partial charge in [-0.3, -0.25) is 9.59 Å². The van der Waals surface area contributed by atoms with E-state index in [1.54, 1.807) is 12.0 Å². The highest BCUT2D eigenvalue weighted by molar-refractivity contribution is 5.88. The molecular weight excluding hydrogens is 320 g/mol. The normalized spacial score (nSPS) is 23.1. The molecule has 0 spiro atoms. The number of likely N-dealkylation sites (tertiary alicyclic amines) is 2. The average molecular weight is 346 g/mol. The topological polar surface area (TPSA) is 59.1 Å². The van der Waals surface area contributed by atoms with E-state index in [1.807, 2.05) is 35.2 Å². The first-order valence-electron chi connectivity index (χ1n) is 8.98. The van der Waals surface area contributed by atoms with Crippen LogP contribution in [0.25, 0.3) is 0 Å². The highest BCUT2D eigenvalue weighted by atomic mass is 16.5. The van der Waals surface area contributed by atoms with Gasteiger partial charge in [-0.15, -0.1) is 0 Å². The zero-order valence-corrected chi connectivity index (χ0v) is 14.7. The third kappa shape index (κ3) is 4.31. The van der Waals surface area contributed by atoms with E-state index in [4.69, 9.17) is 9.47 Å². The standard InChI is InChI=1S/C19H26N2O4/c1-24-12-9-18(22)21-14-16(25-15-7-3-2-4-8-15)13-17(21)19(23)20-10-5-6-11-20/h2-4,7-8,16-17H,5-6,9-14H2,1H3/t16-,17-/m0/s1. The summed E-state index contributed by atoms with van der Waals surface area (Å²) < 4.78 is 11.0. The van der Waals surface area contributed by atoms with Crippen molar-refractivity contribution >= 4 is 11.8 Å². The fraction of sp³-hybridized carbons (Fsp3) is 0.579. The number of hydrogen-bond donors (Lipinski definition) is 0. The average Bonchev–Trinajstić information content (AvgIpc) is 3.30. The van der Waals surface area contributed by atoms with Crippen molar-refractivity contribution in [1.82, 2.24) is 9.80 Å². The van der Waals surface area contributed by atoms with Crippen LogP contribution in [0.5, 0.6) is 5.75 Å². The molecule has 25 heavy (non-hydrogen) atoms. The van der Waals surface area contributed by atoms with E-state index in [0.717, 1.165) is 31.7 Å². The summed E-state index contributed by atoms with van der Waals surface area (Å²) >= 11 is 0. The minimum Gasteiger partial charge on any atom is -0.488 e. The van der Waals surface area contributed by atoms with E-state index in [1.165, 1.54) is 0 Å². The molecule has 0 radical (unpaired) electrons. The number of rotatable bonds is 6. The molecule has 0 aromatic heterocycles. The molecular formula is C19H26N2O4. The Morgan fingerprint density at radius 1 is 1.16 bits per heavy atom. The van der Waals surface area contributed by atoms with Crippen molar-refractivity contribution < 1.29 is 19.1 Å². The number of carbonyl (C=O) groups is 2. The van der Waals surface area contributed by atoms with Gasteiger partial charge in [0.2, 0.25) is 11.8 Å². The second-order valence-corrected chi connectivity index (χ2v) is 6.63. The molecule has 0 unspecified atom stereocenters. The van der Waals surface area contributed by atoms with Crippen LogP contribution in [-0.4, -0.2) is 67.1 Å². The largest absolute Gasteiger partial charge is 0.488 e. The summed E-state index contributed by atoms with van der Waals surface area (Å²) in [6.07, 6.45) is 2.76. The fourth-order valence-electron chi connectivity index (χ4n) is 3.57. The molecule has 1 aromatic carbocycles. The summed E-state index contributed by atoms with van der Waals surface area (Å²) in [5.41, 5.74) is 0. The van der Waals surface area contributed by atoms with Crippen molar-refractivity contribution in [2.75, 3.05) is 33.4 Å². The van der Waals surface area contributed by atoms with Crippen molar-refractivity contribution in [2.24, 2.45) is 0 Å². The fourth-order valence-corrected chi connectivity index (χ4v) is 3.57. The highest BCUT2D eigenvalue weighted by Gasteiger charge is 2.42. The van der Waals surface area contributed by atoms with Gasteiger partial charge in [0.15, 0.2) is 0 Å². The lowest BCUT2D eigenvalue weighted by Gasteiger charge is -2.27. The summed E-state index contributed by atoms with van der Waals surface area (Å²) in [4.78, 5) is 29.0. The van der Waals surface area contributed by atoms with Crippen LogP contribution in [0.1, 0.15) is 25.7 Å². The lowest BCUT2D eigenvalue weighted by Crippen LogP contribution is -2.47. The molecule has 0 saturated carbocycles. The third-order valence-electron chi connectivity index (χ3n) is 4.85. The Hall–Kier alpha value is -2.08. The van der Waals surface area contributed by atoms with Gasteiger partial charge in [-0.2, -0.15) is 0 Å². The number of amides is 2. The van der Waals surface area contributed by atoms with Crippen LogP contribution in [0.2, 0.25) is 0 Å². The molecule has 3 rings (SSSR count). The zero-order valence-electron chi connectivity index (χ0n) is 14.7. The van der Waals surface area contributed by atoms with Gasteiger partial charge in [0, 0.05) is 26.6 Å². The third-order valence-corrected chi connectivity index (χ3v) is 4.85. The lowest BCUT2D eigenvalue weighted by atomic mass is 10.1. The van der Waals surface area contributed by atoms with Gasteiger partial charge in [-0.1, -0.05) is 18.2 Å². The summed E-state index contributed by atoms with van der Waals surface area (Å²) in [6, 6.07) is 9.13. The molecule has 2 amide bonds. The van der Waals surface area contributed by atoms with Crippen LogP contribution >= 0.6 is 0 Å². The summed E-state index contributed by atoms with van der Waals surface area (Å²) in [7, 11) is 1.57. The van der Waals surface area contributed by atoms with Gasteiger partial charge >= 0.3 is 0 Å². The van der Waals surface area contributed by atoms with Gasteiger partial charge < -0.3 is 19.3 Å². The second kappa shape index (κ2) is 8.34. The van der Waals surface area contributed by atoms with Crippen LogP contribution in [0, 0.1) is 0 Å². The van der Waals surface area contributed by atoms with Crippen LogP contribution in [0.3, 0.4) is 0 Å². The van der Waals surface area contributed by atoms with E-state index >= 15 is 0 Å². The predicted octanol–water partition coefficient (Wildman–Crippen LogP) is 1.69. The number of hydrogen-bond acceptors (Lipinski definition) is 4. The number of carbonyl (C=O) groups excluding carboxylic acids is 2. The van der Waals surface area contributed by atoms with Gasteiger partial charge in [-0.25, -0.2) is 0 Å². The van der Waals surface area contributed by atoms with Crippen molar-refractivity contribution in [2.45, 2.75) is 37.8 Å². The van der Waals surface area contributed by atoms with E-state index < -0.39 is 6.04 Å². The van der Waals surface area contributed by atoms with Gasteiger partial charge in [-0.05, 0) is 25.0 Å². The van der Waals surface area contributed by atoms with Crippen LogP contribution in [0.4, 0.5) is 0 Å². The Bertz CT molecular complexity index is 586. The maximum Gasteiger partial charge on any atom is 0.245 e. The molecule has 2 atom stereocenters. The minimum atomic E-state index is -0.420. The molecule has 0 bridgehead atoms. The number of ether oxygens (including phenoxy) is 2. The van der Waals surface area contributed by atoms with E-state index in [9.17, 15) is 9.59 Å². The Labute approximate surface area is 148 Å². The molecule has 2 aliphatic heterocycles. The molecule has 136 valence electrons. The molecule has 2 fully saturated rings. The van der Waals surface area contributed by atoms with E-state index in [2.05, 4.69) is 0 Å². The maximum absolute atomic E-state index is 12.9. The van der Waals surface area contributed by atoms with Gasteiger partial charge in [0.25, 0.3) is 0 Å². The van der Waals surface area contributed by atoms with Crippen molar-refractivity contribution in [1.29, 1.82) is 0 Å². The van der Waals surface area contributed by atoms with Crippen LogP contribution < -0.4 is 4.74 Å². The molecule has 2 aliphatic rings. The minimum absolute atomic E-state index is 0.0430. The highest BCUT2D eigenvalue weighted by Crippen LogP contribution is 2.26. The smallest absolute Gasteiger partial charge is 0.245 e. The maximum atomic E-state index is 12.9. The van der Waals surface area contributed by atoms with Crippen molar-refractivity contribution in [3.63, 3.8) is 0 Å². The Balaban J connectivity index is 1.70. The van der Waals surface area contributed by atoms with Gasteiger partial charge in [0.1, 0.15) is 17.9 Å². The first-order valence-corrected chi connectivity index (χ1v) is 8.98. The summed E-state index contributed by atoms with van der Waals surface area (Å²) in [6.45, 7) is 2.39. The molecule has 0 aliphatic carbocycles. The SMILES string of the molecule is COCCC(=O)N1C[C@@H](Oc2ccccc2)C[C@H]1C(=O)N1CCCC1. The first-order chi connectivity index (χ1) is 12.2. The Kier molecular flexibility index (Phi) is 5.91. The number of methoxy groups -OCH3 is 1. The molecule has 2 saturated heterocycles. The quantitative estimate of drug-likeness (QED) is 0.787. The Morgan fingerprint density at radius 2 is 1.88 bits per heavy atom. The Morgan fingerprint density at radius 3 is 2.56 bits per heavy atom. The molecule has 6 nitrogen and oxygen atoms in total. The second-order valence-electron chi connectivity index (χ2n) is 6.63. The molecule has 6 heteroatoms. The molecule has 2 heterocycles. The zero-order chi connectivity index (χ0) is 17.6. The first kappa shape index (κ1) is 17.7. The van der Waals surface area contributed by atoms with E-state index in [0.29, 0.717) is 26.0 Å². The van der Waals surface area contributed by atoms with Crippen molar-refractivity contribution in [3.8, 4) is 5.75 Å². The summed E-state index contributed by atoms with van der Waals surface area (Å²) in [5.74, 6) is 0.784. The number of benzene rings is 1. The van der Waals surface area contributed by atoms with Gasteiger partial charge in [0.05, 0.1) is 19.6 Å². The van der Waals surface area contributed by atoms with Crippen molar-refractivity contribution in [3.05, 3.63) is 30.3 Å². The van der Waals surface area contributed by atoms with Crippen LogP contribution in [-0.2, 0) is 14.3 Å². The predicted molar refractivity (Wildman–Crippen MR) is 93.3 cm³/mol. The monoisotopic (exact) mass is 346 g/mol. The number of para-hydroxylation sites is 1. The number of nitrogens with zero attached hydrogens (tertiary/aromatic N) is 2. The molecule has 0 N–H and O–H groups in total. The van der Waals surface area contributed by atoms with E-state index in [-0.39, 0.29) is 17.9 Å². The lowest BCUT2D eigenvalue weighted by molar-refractivity contribution is -0.143. The van der Waals surface area contributed by atoms with Crippen LogP contribution in [0.15, 0.2) is 30.3 Å². The summed E-state index contributed by atoms with van der Waals surface area (Å²) in [5, 5.41) is 0. The molecule has 1 aromatic rings.